The van der Waals surface area contributed by atoms with Gasteiger partial charge in [0.15, 0.2) is 5.60 Å². The summed E-state index contributed by atoms with van der Waals surface area (Å²) < 4.78 is 8.67. The summed E-state index contributed by atoms with van der Waals surface area (Å²) in [5, 5.41) is 14.7. The zero-order valence-electron chi connectivity index (χ0n) is 20.2. The number of rotatable bonds is 6. The Kier molecular flexibility index (Phi) is 5.91. The molecule has 6 nitrogen and oxygen atoms in total. The van der Waals surface area contributed by atoms with E-state index in [0.29, 0.717) is 39.8 Å². The molecule has 0 aliphatic heterocycles. The summed E-state index contributed by atoms with van der Waals surface area (Å²) in [5.41, 5.74) is 1.63. The Morgan fingerprint density at radius 1 is 1.08 bits per heavy atom. The zero-order chi connectivity index (χ0) is 25.6. The summed E-state index contributed by atoms with van der Waals surface area (Å²) in [6.07, 6.45) is 5.56. The predicted octanol–water partition coefficient (Wildman–Crippen LogP) is 6.12. The largest absolute Gasteiger partial charge is 0.481 e. The molecule has 184 valence electrons. The molecule has 0 aliphatic rings. The monoisotopic (exact) mass is 526 g/mol. The number of aromatic nitrogens is 4. The van der Waals surface area contributed by atoms with Crippen LogP contribution in [-0.2, 0) is 19.1 Å². The molecule has 1 unspecified atom stereocenters. The quantitative estimate of drug-likeness (QED) is 0.283. The third kappa shape index (κ3) is 3.96. The number of pyridine rings is 2. The topological polar surface area (TPSA) is 73.1 Å². The van der Waals surface area contributed by atoms with Gasteiger partial charge in [-0.1, -0.05) is 41.9 Å². The van der Waals surface area contributed by atoms with Crippen LogP contribution in [0.4, 0.5) is 0 Å². The highest BCUT2D eigenvalue weighted by Crippen LogP contribution is 2.40. The third-order valence-corrected chi connectivity index (χ3v) is 8.19. The number of ether oxygens (including phenoxy) is 1. The number of aliphatic hydroxyl groups is 1. The van der Waals surface area contributed by atoms with Gasteiger partial charge in [0.1, 0.15) is 0 Å². The van der Waals surface area contributed by atoms with Gasteiger partial charge in [0.25, 0.3) is 0 Å². The standard InChI is InChI=1S/C29H23ClN4O2S/c1-34-17-31-16-26(34)29(35,25-9-5-6-12-32-25)19-10-11-23-21(14-19)27(30)22(28(33-23)36-2)15-20-13-18-7-3-4-8-24(18)37-20/h3-14,16-17,35H,15H2,1-2H3. The SMILES string of the molecule is COc1nc2ccc(C(O)(c3ccccn3)c3cncn3C)cc2c(Cl)c1Cc1cc2ccccc2s1. The summed E-state index contributed by atoms with van der Waals surface area (Å²) in [5.74, 6) is 0.495. The van der Waals surface area contributed by atoms with Crippen LogP contribution in [0.3, 0.4) is 0 Å². The first-order valence-corrected chi connectivity index (χ1v) is 12.9. The van der Waals surface area contributed by atoms with E-state index in [2.05, 4.69) is 28.2 Å². The van der Waals surface area contributed by atoms with E-state index in [4.69, 9.17) is 21.3 Å². The first-order valence-electron chi connectivity index (χ1n) is 11.7. The molecule has 1 N–H and O–H groups in total. The van der Waals surface area contributed by atoms with Gasteiger partial charge in [-0.05, 0) is 47.3 Å². The number of fused-ring (bicyclic) bond motifs is 2. The summed E-state index contributed by atoms with van der Waals surface area (Å²) in [7, 11) is 3.45. The molecular formula is C29H23ClN4O2S. The van der Waals surface area contributed by atoms with Crippen molar-refractivity contribution >= 4 is 43.9 Å². The van der Waals surface area contributed by atoms with E-state index in [1.54, 1.807) is 47.8 Å². The van der Waals surface area contributed by atoms with Crippen LogP contribution >= 0.6 is 22.9 Å². The molecule has 37 heavy (non-hydrogen) atoms. The van der Waals surface area contributed by atoms with E-state index >= 15 is 0 Å². The van der Waals surface area contributed by atoms with Gasteiger partial charge in [0, 0.05) is 40.2 Å². The van der Waals surface area contributed by atoms with Crippen molar-refractivity contribution in [2.75, 3.05) is 7.11 Å². The van der Waals surface area contributed by atoms with E-state index in [1.807, 2.05) is 49.5 Å². The van der Waals surface area contributed by atoms with Gasteiger partial charge in [0.05, 0.1) is 41.6 Å². The van der Waals surface area contributed by atoms with Crippen LogP contribution in [0.5, 0.6) is 5.88 Å². The van der Waals surface area contributed by atoms with Crippen LogP contribution in [0, 0.1) is 0 Å². The van der Waals surface area contributed by atoms with Crippen molar-refractivity contribution in [1.82, 2.24) is 19.5 Å². The lowest BCUT2D eigenvalue weighted by atomic mass is 9.86. The van der Waals surface area contributed by atoms with E-state index in [0.717, 1.165) is 10.9 Å². The first-order chi connectivity index (χ1) is 18.0. The van der Waals surface area contributed by atoms with Crippen molar-refractivity contribution < 1.29 is 9.84 Å². The molecule has 0 bridgehead atoms. The van der Waals surface area contributed by atoms with Gasteiger partial charge in [0.2, 0.25) is 5.88 Å². The van der Waals surface area contributed by atoms with Crippen molar-refractivity contribution in [2.45, 2.75) is 12.0 Å². The van der Waals surface area contributed by atoms with E-state index in [-0.39, 0.29) is 0 Å². The summed E-state index contributed by atoms with van der Waals surface area (Å²) in [6, 6.07) is 21.5. The van der Waals surface area contributed by atoms with Gasteiger partial charge in [-0.2, -0.15) is 0 Å². The highest BCUT2D eigenvalue weighted by atomic mass is 35.5. The summed E-state index contributed by atoms with van der Waals surface area (Å²) >= 11 is 8.80. The second-order valence-electron chi connectivity index (χ2n) is 8.89. The molecule has 0 saturated heterocycles. The minimum atomic E-state index is -1.55. The van der Waals surface area contributed by atoms with Crippen molar-refractivity contribution in [1.29, 1.82) is 0 Å². The molecule has 4 aromatic heterocycles. The summed E-state index contributed by atoms with van der Waals surface area (Å²) in [6.45, 7) is 0. The third-order valence-electron chi connectivity index (χ3n) is 6.64. The number of methoxy groups -OCH3 is 1. The lowest BCUT2D eigenvalue weighted by molar-refractivity contribution is 0.113. The Bertz CT molecular complexity index is 1710. The number of nitrogens with zero attached hydrogens (tertiary/aromatic N) is 4. The van der Waals surface area contributed by atoms with Gasteiger partial charge < -0.3 is 14.4 Å². The van der Waals surface area contributed by atoms with Crippen LogP contribution in [0.2, 0.25) is 5.02 Å². The van der Waals surface area contributed by atoms with Gasteiger partial charge in [-0.15, -0.1) is 11.3 Å². The molecule has 1 atom stereocenters. The van der Waals surface area contributed by atoms with Crippen LogP contribution in [-0.4, -0.2) is 31.7 Å². The normalized spacial score (nSPS) is 13.2. The molecule has 6 rings (SSSR count). The second kappa shape index (κ2) is 9.27. The number of imidazole rings is 1. The molecular weight excluding hydrogens is 504 g/mol. The second-order valence-corrected chi connectivity index (χ2v) is 10.4. The van der Waals surface area contributed by atoms with Crippen molar-refractivity contribution in [3.05, 3.63) is 118 Å². The molecule has 0 amide bonds. The molecule has 0 saturated carbocycles. The lowest BCUT2D eigenvalue weighted by Crippen LogP contribution is -2.32. The smallest absolute Gasteiger partial charge is 0.218 e. The fourth-order valence-electron chi connectivity index (χ4n) is 4.80. The van der Waals surface area contributed by atoms with Crippen molar-refractivity contribution in [3.8, 4) is 5.88 Å². The number of halogens is 1. The lowest BCUT2D eigenvalue weighted by Gasteiger charge is -2.29. The van der Waals surface area contributed by atoms with Crippen LogP contribution in [0.25, 0.3) is 21.0 Å². The van der Waals surface area contributed by atoms with Gasteiger partial charge in [-0.3, -0.25) is 4.98 Å². The highest BCUT2D eigenvalue weighted by molar-refractivity contribution is 7.19. The van der Waals surface area contributed by atoms with Crippen molar-refractivity contribution in [3.63, 3.8) is 0 Å². The van der Waals surface area contributed by atoms with E-state index in [9.17, 15) is 5.11 Å². The molecule has 0 aliphatic carbocycles. The number of hydrogen-bond donors (Lipinski definition) is 1. The molecule has 0 spiro atoms. The van der Waals surface area contributed by atoms with E-state index in [1.165, 1.54) is 15.0 Å². The average Bonchev–Trinajstić information content (AvgIpc) is 3.55. The minimum Gasteiger partial charge on any atom is -0.481 e. The van der Waals surface area contributed by atoms with Gasteiger partial charge >= 0.3 is 0 Å². The molecule has 8 heteroatoms. The number of benzene rings is 2. The fourth-order valence-corrected chi connectivity index (χ4v) is 6.17. The summed E-state index contributed by atoms with van der Waals surface area (Å²) in [4.78, 5) is 14.7. The highest BCUT2D eigenvalue weighted by Gasteiger charge is 2.38. The molecule has 2 aromatic carbocycles. The maximum Gasteiger partial charge on any atom is 0.218 e. The van der Waals surface area contributed by atoms with Crippen LogP contribution in [0.15, 0.2) is 85.5 Å². The Morgan fingerprint density at radius 2 is 1.92 bits per heavy atom. The Balaban J connectivity index is 1.53. The van der Waals surface area contributed by atoms with Crippen LogP contribution in [0.1, 0.15) is 27.4 Å². The fraction of sp³-hybridized carbons (Fsp3) is 0.138. The van der Waals surface area contributed by atoms with Crippen LogP contribution < -0.4 is 4.74 Å². The molecule has 0 fully saturated rings. The van der Waals surface area contributed by atoms with Gasteiger partial charge in [-0.25, -0.2) is 9.97 Å². The number of aryl methyl sites for hydroxylation is 1. The molecule has 4 heterocycles. The maximum absolute atomic E-state index is 12.2. The Morgan fingerprint density at radius 3 is 2.65 bits per heavy atom. The molecule has 6 aromatic rings. The Hall–Kier alpha value is -3.78. The number of thiophene rings is 1. The number of hydrogen-bond acceptors (Lipinski definition) is 6. The molecule has 0 radical (unpaired) electrons. The zero-order valence-corrected chi connectivity index (χ0v) is 21.8. The minimum absolute atomic E-state index is 0.487. The van der Waals surface area contributed by atoms with Crippen molar-refractivity contribution in [2.24, 2.45) is 7.05 Å². The van der Waals surface area contributed by atoms with E-state index < -0.39 is 5.60 Å². The average molecular weight is 527 g/mol. The maximum atomic E-state index is 12.2. The predicted molar refractivity (Wildman–Crippen MR) is 147 cm³/mol. The Labute approximate surface area is 222 Å². The first kappa shape index (κ1) is 23.6.